The Labute approximate surface area is 170 Å². The fourth-order valence-electron chi connectivity index (χ4n) is 2.99. The first-order valence-electron chi connectivity index (χ1n) is 9.10. The van der Waals surface area contributed by atoms with Crippen LogP contribution < -0.4 is 5.32 Å². The summed E-state index contributed by atoms with van der Waals surface area (Å²) in [7, 11) is 0. The molecule has 2 heterocycles. The molecule has 0 fully saturated rings. The molecular weight excluding hydrogens is 372 g/mol. The van der Waals surface area contributed by atoms with Crippen molar-refractivity contribution in [2.45, 2.75) is 33.9 Å². The van der Waals surface area contributed by atoms with Gasteiger partial charge in [0.1, 0.15) is 0 Å². The molecule has 0 aliphatic rings. The summed E-state index contributed by atoms with van der Waals surface area (Å²) < 4.78 is 1.91. The third-order valence-electron chi connectivity index (χ3n) is 4.51. The summed E-state index contributed by atoms with van der Waals surface area (Å²) in [6.45, 7) is 6.84. The number of hydrogen-bond acceptors (Lipinski definition) is 3. The fourth-order valence-corrected chi connectivity index (χ4v) is 3.18. The monoisotopic (exact) mass is 394 g/mol. The number of hydrogen-bond donors (Lipinski definition) is 1. The van der Waals surface area contributed by atoms with Crippen molar-refractivity contribution in [2.75, 3.05) is 0 Å². The van der Waals surface area contributed by atoms with Crippen molar-refractivity contribution in [3.8, 4) is 0 Å². The number of halogens is 1. The van der Waals surface area contributed by atoms with Crippen molar-refractivity contribution in [3.63, 3.8) is 0 Å². The van der Waals surface area contributed by atoms with E-state index in [2.05, 4.69) is 15.4 Å². The van der Waals surface area contributed by atoms with E-state index in [0.717, 1.165) is 38.9 Å². The van der Waals surface area contributed by atoms with Gasteiger partial charge in [-0.2, -0.15) is 5.10 Å². The topological polar surface area (TPSA) is 59.8 Å². The normalized spacial score (nSPS) is 11.1. The van der Waals surface area contributed by atoms with Crippen LogP contribution in [0.5, 0.6) is 0 Å². The number of nitrogens with zero attached hydrogens (tertiary/aromatic N) is 3. The molecule has 28 heavy (non-hydrogen) atoms. The standard InChI is InChI=1S/C22H23ClN4O/c1-15-7-6-9-19(25-15)13-24-22(28)12-11-20-16(2)26-27(17(20)3)14-18-8-4-5-10-21(18)23/h4-12H,13-14H2,1-3H3,(H,24,28)/b12-11+. The van der Waals surface area contributed by atoms with Gasteiger partial charge in [0.25, 0.3) is 0 Å². The summed E-state index contributed by atoms with van der Waals surface area (Å²) in [4.78, 5) is 16.5. The van der Waals surface area contributed by atoms with E-state index in [1.54, 1.807) is 6.08 Å². The predicted octanol–water partition coefficient (Wildman–Crippen LogP) is 4.23. The van der Waals surface area contributed by atoms with E-state index in [4.69, 9.17) is 11.6 Å². The minimum atomic E-state index is -0.166. The highest BCUT2D eigenvalue weighted by atomic mass is 35.5. The van der Waals surface area contributed by atoms with Gasteiger partial charge >= 0.3 is 0 Å². The molecule has 0 bridgehead atoms. The molecule has 3 rings (SSSR count). The van der Waals surface area contributed by atoms with Crippen molar-refractivity contribution in [3.05, 3.63) is 87.5 Å². The number of aromatic nitrogens is 3. The first kappa shape index (κ1) is 19.8. The van der Waals surface area contributed by atoms with Crippen molar-refractivity contribution in [1.29, 1.82) is 0 Å². The van der Waals surface area contributed by atoms with Gasteiger partial charge in [0, 0.05) is 28.0 Å². The van der Waals surface area contributed by atoms with E-state index in [1.165, 1.54) is 6.08 Å². The summed E-state index contributed by atoms with van der Waals surface area (Å²) in [6.07, 6.45) is 3.34. The molecule has 1 aromatic carbocycles. The zero-order valence-electron chi connectivity index (χ0n) is 16.2. The maximum absolute atomic E-state index is 12.2. The Morgan fingerprint density at radius 1 is 1.14 bits per heavy atom. The number of benzene rings is 1. The fraction of sp³-hybridized carbons (Fsp3) is 0.227. The lowest BCUT2D eigenvalue weighted by Gasteiger charge is -2.06. The molecule has 1 amide bonds. The van der Waals surface area contributed by atoms with E-state index >= 15 is 0 Å². The van der Waals surface area contributed by atoms with Crippen LogP contribution in [0.2, 0.25) is 5.02 Å². The van der Waals surface area contributed by atoms with Crippen molar-refractivity contribution >= 4 is 23.6 Å². The Hall–Kier alpha value is -2.92. The summed E-state index contributed by atoms with van der Waals surface area (Å²) >= 11 is 6.26. The smallest absolute Gasteiger partial charge is 0.244 e. The first-order chi connectivity index (χ1) is 13.4. The summed E-state index contributed by atoms with van der Waals surface area (Å²) in [5, 5.41) is 8.17. The molecule has 0 saturated carbocycles. The number of carbonyl (C=O) groups is 1. The van der Waals surface area contributed by atoms with Crippen LogP contribution >= 0.6 is 11.6 Å². The van der Waals surface area contributed by atoms with Crippen LogP contribution in [0.3, 0.4) is 0 Å². The minimum absolute atomic E-state index is 0.166. The molecule has 144 valence electrons. The highest BCUT2D eigenvalue weighted by Gasteiger charge is 2.11. The quantitative estimate of drug-likeness (QED) is 0.636. The Morgan fingerprint density at radius 3 is 2.68 bits per heavy atom. The SMILES string of the molecule is Cc1cccc(CNC(=O)/C=C/c2c(C)nn(Cc3ccccc3Cl)c2C)n1. The molecule has 1 N–H and O–H groups in total. The van der Waals surface area contributed by atoms with Gasteiger partial charge in [-0.15, -0.1) is 0 Å². The molecule has 0 saturated heterocycles. The average Bonchev–Trinajstić information content (AvgIpc) is 2.93. The number of amides is 1. The van der Waals surface area contributed by atoms with Gasteiger partial charge in [-0.05, 0) is 50.6 Å². The molecule has 3 aromatic rings. The van der Waals surface area contributed by atoms with Crippen LogP contribution in [0.25, 0.3) is 6.08 Å². The number of carbonyl (C=O) groups excluding carboxylic acids is 1. The molecule has 0 aliphatic heterocycles. The summed E-state index contributed by atoms with van der Waals surface area (Å²) in [5.41, 5.74) is 5.57. The van der Waals surface area contributed by atoms with Crippen molar-refractivity contribution < 1.29 is 4.79 Å². The summed E-state index contributed by atoms with van der Waals surface area (Å²) in [5.74, 6) is -0.166. The number of nitrogens with one attached hydrogen (secondary N) is 1. The molecule has 0 aliphatic carbocycles. The third-order valence-corrected chi connectivity index (χ3v) is 4.88. The van der Waals surface area contributed by atoms with Crippen molar-refractivity contribution in [1.82, 2.24) is 20.1 Å². The van der Waals surface area contributed by atoms with Gasteiger partial charge in [-0.25, -0.2) is 0 Å². The van der Waals surface area contributed by atoms with Gasteiger partial charge < -0.3 is 5.32 Å². The largest absolute Gasteiger partial charge is 0.347 e. The number of pyridine rings is 1. The van der Waals surface area contributed by atoms with Crippen LogP contribution in [0.4, 0.5) is 0 Å². The zero-order chi connectivity index (χ0) is 20.1. The lowest BCUT2D eigenvalue weighted by molar-refractivity contribution is -0.116. The first-order valence-corrected chi connectivity index (χ1v) is 9.47. The average molecular weight is 395 g/mol. The molecule has 0 atom stereocenters. The predicted molar refractivity (Wildman–Crippen MR) is 112 cm³/mol. The Kier molecular flexibility index (Phi) is 6.26. The van der Waals surface area contributed by atoms with Gasteiger partial charge in [0.15, 0.2) is 0 Å². The third kappa shape index (κ3) is 4.87. The molecule has 0 spiro atoms. The van der Waals surface area contributed by atoms with Crippen LogP contribution in [0, 0.1) is 20.8 Å². The Balaban J connectivity index is 1.67. The number of rotatable bonds is 6. The van der Waals surface area contributed by atoms with Crippen LogP contribution in [-0.2, 0) is 17.9 Å². The van der Waals surface area contributed by atoms with Crippen molar-refractivity contribution in [2.24, 2.45) is 0 Å². The lowest BCUT2D eigenvalue weighted by Crippen LogP contribution is -2.20. The van der Waals surface area contributed by atoms with Gasteiger partial charge in [-0.3, -0.25) is 14.5 Å². The maximum Gasteiger partial charge on any atom is 0.244 e. The summed E-state index contributed by atoms with van der Waals surface area (Å²) in [6, 6.07) is 13.5. The Bertz CT molecular complexity index is 1020. The van der Waals surface area contributed by atoms with Gasteiger partial charge in [0.05, 0.1) is 24.5 Å². The van der Waals surface area contributed by atoms with Crippen LogP contribution in [-0.4, -0.2) is 20.7 Å². The number of aryl methyl sites for hydroxylation is 2. The van der Waals surface area contributed by atoms with E-state index in [-0.39, 0.29) is 5.91 Å². The molecule has 5 nitrogen and oxygen atoms in total. The molecule has 0 radical (unpaired) electrons. The van der Waals surface area contributed by atoms with E-state index in [0.29, 0.717) is 13.1 Å². The zero-order valence-corrected chi connectivity index (χ0v) is 17.0. The molecule has 2 aromatic heterocycles. The molecular formula is C22H23ClN4O. The maximum atomic E-state index is 12.2. The highest BCUT2D eigenvalue weighted by Crippen LogP contribution is 2.20. The van der Waals surface area contributed by atoms with Gasteiger partial charge in [-0.1, -0.05) is 35.9 Å². The highest BCUT2D eigenvalue weighted by molar-refractivity contribution is 6.31. The lowest BCUT2D eigenvalue weighted by atomic mass is 10.1. The second-order valence-corrected chi connectivity index (χ2v) is 7.06. The van der Waals surface area contributed by atoms with E-state index in [1.807, 2.05) is 67.9 Å². The van der Waals surface area contributed by atoms with Gasteiger partial charge in [0.2, 0.25) is 5.91 Å². The van der Waals surface area contributed by atoms with E-state index < -0.39 is 0 Å². The van der Waals surface area contributed by atoms with Crippen LogP contribution in [0.15, 0.2) is 48.5 Å². The molecule has 6 heteroatoms. The van der Waals surface area contributed by atoms with Crippen LogP contribution in [0.1, 0.15) is 33.9 Å². The molecule has 0 unspecified atom stereocenters. The second-order valence-electron chi connectivity index (χ2n) is 6.65. The van der Waals surface area contributed by atoms with E-state index in [9.17, 15) is 4.79 Å². The second kappa shape index (κ2) is 8.85. The Morgan fingerprint density at radius 2 is 1.93 bits per heavy atom. The minimum Gasteiger partial charge on any atom is -0.347 e.